The Bertz CT molecular complexity index is 1820. The van der Waals surface area contributed by atoms with Crippen molar-refractivity contribution in [2.24, 2.45) is 5.41 Å². The van der Waals surface area contributed by atoms with Crippen molar-refractivity contribution in [1.29, 1.82) is 0 Å². The maximum atomic E-state index is 12.9. The first-order valence-electron chi connectivity index (χ1n) is 16.6. The highest BCUT2D eigenvalue weighted by Gasteiger charge is 2.36. The van der Waals surface area contributed by atoms with E-state index < -0.39 is 17.7 Å². The Balaban J connectivity index is 1.42. The molecule has 2 aromatic heterocycles. The fraction of sp³-hybridized carbons (Fsp3) is 0.474. The maximum absolute atomic E-state index is 12.9. The van der Waals surface area contributed by atoms with Crippen LogP contribution in [0.25, 0.3) is 22.0 Å². The first-order valence-corrected chi connectivity index (χ1v) is 16.6. The van der Waals surface area contributed by atoms with Gasteiger partial charge in [0.25, 0.3) is 0 Å². The SMILES string of the molecule is COc1ccc2c(N3CCc4cc(-c5c(C)nc(C)c([C@H](OC(C)(C)C)C(=O)O)c5N5CCC(C)(C)CC5)ccc4C3)ncnc2c1. The molecule has 1 fully saturated rings. The predicted molar refractivity (Wildman–Crippen MR) is 186 cm³/mol. The number of piperidine rings is 1. The number of rotatable bonds is 7. The average Bonchev–Trinajstić information content (AvgIpc) is 3.02. The third-order valence-corrected chi connectivity index (χ3v) is 9.60. The number of fused-ring (bicyclic) bond motifs is 2. The number of nitrogens with zero attached hydrogens (tertiary/aromatic N) is 5. The molecule has 2 aromatic carbocycles. The number of anilines is 2. The van der Waals surface area contributed by atoms with Gasteiger partial charge in [-0.25, -0.2) is 14.8 Å². The molecule has 2 aliphatic heterocycles. The van der Waals surface area contributed by atoms with Gasteiger partial charge >= 0.3 is 5.97 Å². The molecule has 248 valence electrons. The van der Waals surface area contributed by atoms with Crippen LogP contribution in [0, 0.1) is 19.3 Å². The van der Waals surface area contributed by atoms with Gasteiger partial charge in [0, 0.05) is 60.1 Å². The number of carboxylic acid groups (broad SMARTS) is 1. The Kier molecular flexibility index (Phi) is 8.63. The van der Waals surface area contributed by atoms with Gasteiger partial charge < -0.3 is 24.4 Å². The molecule has 0 spiro atoms. The van der Waals surface area contributed by atoms with Crippen LogP contribution in [0.15, 0.2) is 42.7 Å². The second kappa shape index (κ2) is 12.4. The topological polar surface area (TPSA) is 101 Å². The van der Waals surface area contributed by atoms with E-state index in [0.717, 1.165) is 90.4 Å². The van der Waals surface area contributed by atoms with Crippen molar-refractivity contribution in [3.63, 3.8) is 0 Å². The molecule has 0 radical (unpaired) electrons. The van der Waals surface area contributed by atoms with Crippen LogP contribution in [0.5, 0.6) is 5.75 Å². The van der Waals surface area contributed by atoms with E-state index in [9.17, 15) is 9.90 Å². The van der Waals surface area contributed by atoms with Crippen LogP contribution in [-0.2, 0) is 22.5 Å². The molecule has 0 amide bonds. The van der Waals surface area contributed by atoms with E-state index in [1.165, 1.54) is 11.1 Å². The Hall–Kier alpha value is -4.24. The molecule has 1 saturated heterocycles. The van der Waals surface area contributed by atoms with Crippen LogP contribution in [-0.4, -0.2) is 58.4 Å². The molecule has 6 rings (SSSR count). The van der Waals surface area contributed by atoms with Gasteiger partial charge in [0.1, 0.15) is 17.9 Å². The molecule has 9 nitrogen and oxygen atoms in total. The lowest BCUT2D eigenvalue weighted by atomic mass is 9.81. The van der Waals surface area contributed by atoms with Gasteiger partial charge in [-0.1, -0.05) is 32.0 Å². The zero-order valence-electron chi connectivity index (χ0n) is 29.0. The van der Waals surface area contributed by atoms with E-state index in [1.807, 2.05) is 52.8 Å². The third kappa shape index (κ3) is 6.63. The summed E-state index contributed by atoms with van der Waals surface area (Å²) in [4.78, 5) is 31.7. The summed E-state index contributed by atoms with van der Waals surface area (Å²) in [5.74, 6) is 0.693. The minimum absolute atomic E-state index is 0.237. The Morgan fingerprint density at radius 2 is 1.70 bits per heavy atom. The molecule has 0 saturated carbocycles. The molecule has 0 unspecified atom stereocenters. The number of ether oxygens (including phenoxy) is 2. The maximum Gasteiger partial charge on any atom is 0.337 e. The van der Waals surface area contributed by atoms with Crippen LogP contribution >= 0.6 is 0 Å². The predicted octanol–water partition coefficient (Wildman–Crippen LogP) is 7.45. The summed E-state index contributed by atoms with van der Waals surface area (Å²) in [6.07, 6.45) is 3.38. The minimum atomic E-state index is -1.14. The Morgan fingerprint density at radius 1 is 0.957 bits per heavy atom. The third-order valence-electron chi connectivity index (χ3n) is 9.60. The zero-order chi connectivity index (χ0) is 33.7. The highest BCUT2D eigenvalue weighted by molar-refractivity contribution is 5.91. The number of hydrogen-bond donors (Lipinski definition) is 1. The van der Waals surface area contributed by atoms with E-state index in [2.05, 4.69) is 51.8 Å². The molecular formula is C38H47N5O4. The molecular weight excluding hydrogens is 590 g/mol. The van der Waals surface area contributed by atoms with Gasteiger partial charge in [-0.15, -0.1) is 0 Å². The molecule has 47 heavy (non-hydrogen) atoms. The molecule has 0 aliphatic carbocycles. The minimum Gasteiger partial charge on any atom is -0.497 e. The lowest BCUT2D eigenvalue weighted by Gasteiger charge is -2.41. The summed E-state index contributed by atoms with van der Waals surface area (Å²) in [5, 5.41) is 11.5. The molecule has 4 heterocycles. The standard InChI is InChI=1S/C38H47N5O4/c1-23-31(33(42-17-14-38(6,7)15-18-42)32(24(2)41-23)34(36(44)45)47-37(3,4)5)26-9-10-27-21-43(16-13-25(27)19-26)35-29-12-11-28(46-8)20-30(29)39-22-40-35/h9-12,19-20,22,34H,13-18,21H2,1-8H3,(H,44,45)/t34-/m0/s1. The normalized spacial score (nSPS) is 17.0. The van der Waals surface area contributed by atoms with E-state index >= 15 is 0 Å². The van der Waals surface area contributed by atoms with E-state index in [1.54, 1.807) is 13.4 Å². The molecule has 4 aromatic rings. The van der Waals surface area contributed by atoms with E-state index in [0.29, 0.717) is 11.3 Å². The van der Waals surface area contributed by atoms with E-state index in [4.69, 9.17) is 14.5 Å². The summed E-state index contributed by atoms with van der Waals surface area (Å²) in [6.45, 7) is 17.5. The number of carbonyl (C=O) groups is 1. The number of carboxylic acids is 1. The van der Waals surface area contributed by atoms with Crippen molar-refractivity contribution < 1.29 is 19.4 Å². The fourth-order valence-corrected chi connectivity index (χ4v) is 7.05. The summed E-state index contributed by atoms with van der Waals surface area (Å²) in [6, 6.07) is 12.6. The van der Waals surface area contributed by atoms with Crippen LogP contribution in [0.3, 0.4) is 0 Å². The van der Waals surface area contributed by atoms with Crippen LogP contribution in [0.2, 0.25) is 0 Å². The van der Waals surface area contributed by atoms with Crippen molar-refractivity contribution in [3.8, 4) is 16.9 Å². The number of methoxy groups -OCH3 is 1. The number of pyridine rings is 1. The lowest BCUT2D eigenvalue weighted by Crippen LogP contribution is -2.39. The summed E-state index contributed by atoms with van der Waals surface area (Å²) in [7, 11) is 1.66. The molecule has 0 bridgehead atoms. The highest BCUT2D eigenvalue weighted by Crippen LogP contribution is 2.45. The average molecular weight is 638 g/mol. The smallest absolute Gasteiger partial charge is 0.337 e. The van der Waals surface area contributed by atoms with Crippen molar-refractivity contribution in [2.75, 3.05) is 36.5 Å². The quantitative estimate of drug-likeness (QED) is 0.221. The number of aryl methyl sites for hydroxylation is 2. The number of benzene rings is 2. The van der Waals surface area contributed by atoms with Crippen molar-refractivity contribution in [1.82, 2.24) is 15.0 Å². The fourth-order valence-electron chi connectivity index (χ4n) is 7.05. The van der Waals surface area contributed by atoms with E-state index in [-0.39, 0.29) is 5.41 Å². The van der Waals surface area contributed by atoms with Gasteiger partial charge in [-0.3, -0.25) is 4.98 Å². The van der Waals surface area contributed by atoms with Crippen LogP contribution < -0.4 is 14.5 Å². The highest BCUT2D eigenvalue weighted by atomic mass is 16.5. The van der Waals surface area contributed by atoms with Crippen molar-refractivity contribution in [3.05, 3.63) is 70.8 Å². The van der Waals surface area contributed by atoms with Gasteiger partial charge in [0.05, 0.1) is 23.9 Å². The number of aromatic nitrogens is 3. The summed E-state index contributed by atoms with van der Waals surface area (Å²) in [5.41, 5.74) is 8.23. The second-order valence-electron chi connectivity index (χ2n) is 14.8. The molecule has 1 N–H and O–H groups in total. The zero-order valence-corrected chi connectivity index (χ0v) is 29.0. The Morgan fingerprint density at radius 3 is 2.38 bits per heavy atom. The first-order chi connectivity index (χ1) is 22.2. The van der Waals surface area contributed by atoms with Crippen molar-refractivity contribution in [2.45, 2.75) is 86.0 Å². The number of hydrogen-bond acceptors (Lipinski definition) is 8. The number of aliphatic carboxylic acids is 1. The summed E-state index contributed by atoms with van der Waals surface area (Å²) < 4.78 is 11.7. The van der Waals surface area contributed by atoms with Gasteiger partial charge in [-0.2, -0.15) is 0 Å². The van der Waals surface area contributed by atoms with Crippen LogP contribution in [0.1, 0.15) is 81.6 Å². The molecule has 9 heteroatoms. The van der Waals surface area contributed by atoms with Gasteiger partial charge in [0.15, 0.2) is 6.10 Å². The summed E-state index contributed by atoms with van der Waals surface area (Å²) >= 11 is 0. The first kappa shape index (κ1) is 32.7. The van der Waals surface area contributed by atoms with Crippen LogP contribution in [0.4, 0.5) is 11.5 Å². The largest absolute Gasteiger partial charge is 0.497 e. The van der Waals surface area contributed by atoms with Crippen molar-refractivity contribution >= 4 is 28.4 Å². The van der Waals surface area contributed by atoms with Gasteiger partial charge in [-0.05, 0) is 88.1 Å². The Labute approximate surface area is 278 Å². The second-order valence-corrected chi connectivity index (χ2v) is 14.8. The monoisotopic (exact) mass is 637 g/mol. The lowest BCUT2D eigenvalue weighted by molar-refractivity contribution is -0.160. The molecule has 2 aliphatic rings. The molecule has 1 atom stereocenters. The van der Waals surface area contributed by atoms with Gasteiger partial charge in [0.2, 0.25) is 0 Å².